The molecule has 0 radical (unpaired) electrons. The molecule has 2 atom stereocenters. The van der Waals surface area contributed by atoms with Gasteiger partial charge in [-0.1, -0.05) is 13.0 Å². The largest absolute Gasteiger partial charge is 0.474 e. The summed E-state index contributed by atoms with van der Waals surface area (Å²) in [5, 5.41) is 0. The molecule has 0 saturated heterocycles. The van der Waals surface area contributed by atoms with Gasteiger partial charge in [-0.3, -0.25) is 10.5 Å². The maximum atomic E-state index is 12.0. The second-order valence-electron chi connectivity index (χ2n) is 4.42. The van der Waals surface area contributed by atoms with Gasteiger partial charge in [0.15, 0.2) is 12.0 Å². The number of nitrogens with two attached hydrogens (primary N) is 1. The molecule has 2 N–H and O–H groups in total. The van der Waals surface area contributed by atoms with Gasteiger partial charge in [0.25, 0.3) is 0 Å². The van der Waals surface area contributed by atoms with E-state index in [1.807, 2.05) is 18.2 Å². The second-order valence-corrected chi connectivity index (χ2v) is 4.42. The minimum Gasteiger partial charge on any atom is -0.474 e. The van der Waals surface area contributed by atoms with Gasteiger partial charge in [0.05, 0.1) is 17.7 Å². The Morgan fingerprint density at radius 1 is 1.26 bits per heavy atom. The summed E-state index contributed by atoms with van der Waals surface area (Å²) in [5.74, 6) is 0.974. The molecule has 0 saturated carbocycles. The summed E-state index contributed by atoms with van der Waals surface area (Å²) < 4.78 is 10.9. The van der Waals surface area contributed by atoms with Crippen molar-refractivity contribution in [2.45, 2.75) is 13.2 Å². The van der Waals surface area contributed by atoms with Crippen LogP contribution in [0.5, 0.6) is 5.75 Å². The van der Waals surface area contributed by atoms with Crippen LogP contribution < -0.4 is 10.5 Å². The molecule has 3 rings (SSSR count). The first-order valence-electron chi connectivity index (χ1n) is 5.81. The Labute approximate surface area is 117 Å². The normalized spacial score (nSPS) is 21.3. The van der Waals surface area contributed by atoms with Crippen molar-refractivity contribution in [2.24, 2.45) is 11.7 Å². The van der Waals surface area contributed by atoms with E-state index in [0.717, 1.165) is 11.3 Å². The van der Waals surface area contributed by atoms with E-state index in [0.29, 0.717) is 11.3 Å². The summed E-state index contributed by atoms with van der Waals surface area (Å²) in [6, 6.07) is 9.07. The number of halogens is 1. The quantitative estimate of drug-likeness (QED) is 0.872. The lowest BCUT2D eigenvalue weighted by Crippen LogP contribution is -2.42. The number of hydrogen-bond donors (Lipinski definition) is 1. The van der Waals surface area contributed by atoms with Gasteiger partial charge in [-0.2, -0.15) is 0 Å². The topological polar surface area (TPSA) is 65.5 Å². The van der Waals surface area contributed by atoms with Gasteiger partial charge >= 0.3 is 0 Å². The number of fused-ring (bicyclic) bond motifs is 1. The number of Topliss-reactive ketones (excluding diaryl/α,β-unsaturated/α-hetero) is 1. The molecule has 0 fully saturated rings. The lowest BCUT2D eigenvalue weighted by atomic mass is 9.93. The SMILES string of the molecule is CC1C(=O)c2ccc(-c3ccco3)cc2OC1N.Cl. The average molecular weight is 280 g/mol. The first-order valence-corrected chi connectivity index (χ1v) is 5.81. The zero-order valence-electron chi connectivity index (χ0n) is 10.3. The monoisotopic (exact) mass is 279 g/mol. The van der Waals surface area contributed by atoms with Crippen molar-refractivity contribution in [3.63, 3.8) is 0 Å². The van der Waals surface area contributed by atoms with Crippen LogP contribution in [0.2, 0.25) is 0 Å². The summed E-state index contributed by atoms with van der Waals surface area (Å²) >= 11 is 0. The number of ether oxygens (including phenoxy) is 1. The van der Waals surface area contributed by atoms with Crippen LogP contribution >= 0.6 is 12.4 Å². The predicted octanol–water partition coefficient (Wildman–Crippen LogP) is 2.86. The van der Waals surface area contributed by atoms with Crippen LogP contribution in [-0.2, 0) is 0 Å². The third-order valence-corrected chi connectivity index (χ3v) is 3.22. The minimum atomic E-state index is -0.586. The first-order chi connectivity index (χ1) is 8.66. The molecule has 2 aromatic rings. The average Bonchev–Trinajstić information content (AvgIpc) is 2.89. The fourth-order valence-electron chi connectivity index (χ4n) is 2.06. The van der Waals surface area contributed by atoms with Gasteiger partial charge < -0.3 is 9.15 Å². The van der Waals surface area contributed by atoms with E-state index >= 15 is 0 Å². The van der Waals surface area contributed by atoms with Crippen molar-refractivity contribution in [1.82, 2.24) is 0 Å². The molecule has 2 unspecified atom stereocenters. The number of carbonyl (C=O) groups excluding carboxylic acids is 1. The first kappa shape index (κ1) is 13.6. The van der Waals surface area contributed by atoms with E-state index in [2.05, 4.69) is 0 Å². The van der Waals surface area contributed by atoms with Crippen LogP contribution in [0.1, 0.15) is 17.3 Å². The van der Waals surface area contributed by atoms with E-state index < -0.39 is 6.23 Å². The fraction of sp³-hybridized carbons (Fsp3) is 0.214. The van der Waals surface area contributed by atoms with Gasteiger partial charge in [-0.15, -0.1) is 12.4 Å². The van der Waals surface area contributed by atoms with E-state index in [-0.39, 0.29) is 24.1 Å². The molecule has 0 amide bonds. The molecular weight excluding hydrogens is 266 g/mol. The third-order valence-electron chi connectivity index (χ3n) is 3.22. The standard InChI is InChI=1S/C14H13NO3.ClH/c1-8-13(16)10-5-4-9(11-3-2-6-17-11)7-12(10)18-14(8)15;/h2-8,14H,15H2,1H3;1H. The second kappa shape index (κ2) is 5.07. The molecule has 1 aromatic heterocycles. The highest BCUT2D eigenvalue weighted by atomic mass is 35.5. The molecule has 5 heteroatoms. The van der Waals surface area contributed by atoms with Crippen molar-refractivity contribution in [3.8, 4) is 17.1 Å². The molecule has 0 spiro atoms. The van der Waals surface area contributed by atoms with Crippen LogP contribution in [0.15, 0.2) is 41.0 Å². The Bertz CT molecular complexity index is 595. The smallest absolute Gasteiger partial charge is 0.174 e. The molecule has 0 aliphatic carbocycles. The number of rotatable bonds is 1. The molecule has 19 heavy (non-hydrogen) atoms. The molecule has 1 aliphatic heterocycles. The van der Waals surface area contributed by atoms with Crippen LogP contribution in [0.4, 0.5) is 0 Å². The molecule has 0 bridgehead atoms. The van der Waals surface area contributed by atoms with Gasteiger partial charge in [0, 0.05) is 5.56 Å². The summed E-state index contributed by atoms with van der Waals surface area (Å²) in [6.07, 6.45) is 1.02. The van der Waals surface area contributed by atoms with Gasteiger partial charge in [0.1, 0.15) is 11.5 Å². The van der Waals surface area contributed by atoms with E-state index in [9.17, 15) is 4.79 Å². The highest BCUT2D eigenvalue weighted by molar-refractivity contribution is 6.01. The van der Waals surface area contributed by atoms with E-state index in [4.69, 9.17) is 14.9 Å². The van der Waals surface area contributed by atoms with Crippen molar-refractivity contribution >= 4 is 18.2 Å². The highest BCUT2D eigenvalue weighted by Crippen LogP contribution is 2.33. The van der Waals surface area contributed by atoms with Crippen molar-refractivity contribution in [2.75, 3.05) is 0 Å². The van der Waals surface area contributed by atoms with Crippen LogP contribution in [0, 0.1) is 5.92 Å². The van der Waals surface area contributed by atoms with E-state index in [1.165, 1.54) is 0 Å². The number of hydrogen-bond acceptors (Lipinski definition) is 4. The molecular formula is C14H14ClNO3. The van der Waals surface area contributed by atoms with Crippen molar-refractivity contribution in [3.05, 3.63) is 42.2 Å². The Morgan fingerprint density at radius 2 is 2.05 bits per heavy atom. The molecule has 4 nitrogen and oxygen atoms in total. The Kier molecular flexibility index (Phi) is 3.64. The summed E-state index contributed by atoms with van der Waals surface area (Å²) in [6.45, 7) is 1.77. The lowest BCUT2D eigenvalue weighted by molar-refractivity contribution is 0.0707. The maximum absolute atomic E-state index is 12.0. The molecule has 100 valence electrons. The number of furan rings is 1. The van der Waals surface area contributed by atoms with E-state index in [1.54, 1.807) is 25.3 Å². The zero-order valence-corrected chi connectivity index (χ0v) is 11.1. The number of carbonyl (C=O) groups is 1. The summed E-state index contributed by atoms with van der Waals surface area (Å²) in [7, 11) is 0. The molecule has 2 heterocycles. The molecule has 1 aromatic carbocycles. The van der Waals surface area contributed by atoms with Crippen LogP contribution in [0.25, 0.3) is 11.3 Å². The van der Waals surface area contributed by atoms with Gasteiger partial charge in [0.2, 0.25) is 0 Å². The lowest BCUT2D eigenvalue weighted by Gasteiger charge is -2.27. The van der Waals surface area contributed by atoms with Crippen molar-refractivity contribution < 1.29 is 13.9 Å². The highest BCUT2D eigenvalue weighted by Gasteiger charge is 2.31. The minimum absolute atomic E-state index is 0. The fourth-order valence-corrected chi connectivity index (χ4v) is 2.06. The van der Waals surface area contributed by atoms with Gasteiger partial charge in [-0.25, -0.2) is 0 Å². The summed E-state index contributed by atoms with van der Waals surface area (Å²) in [5.41, 5.74) is 7.24. The zero-order chi connectivity index (χ0) is 12.7. The third kappa shape index (κ3) is 2.25. The van der Waals surface area contributed by atoms with Crippen molar-refractivity contribution in [1.29, 1.82) is 0 Å². The Morgan fingerprint density at radius 3 is 2.74 bits per heavy atom. The number of ketones is 1. The maximum Gasteiger partial charge on any atom is 0.174 e. The Hall–Kier alpha value is -1.78. The predicted molar refractivity (Wildman–Crippen MR) is 73.5 cm³/mol. The van der Waals surface area contributed by atoms with Gasteiger partial charge in [-0.05, 0) is 24.3 Å². The van der Waals surface area contributed by atoms with Crippen LogP contribution in [0.3, 0.4) is 0 Å². The Balaban J connectivity index is 0.00000133. The number of benzene rings is 1. The molecule has 1 aliphatic rings. The summed E-state index contributed by atoms with van der Waals surface area (Å²) in [4.78, 5) is 12.0. The van der Waals surface area contributed by atoms with Crippen LogP contribution in [-0.4, -0.2) is 12.0 Å².